The van der Waals surface area contributed by atoms with E-state index in [0.29, 0.717) is 6.54 Å². The van der Waals surface area contributed by atoms with Crippen molar-refractivity contribution in [3.8, 4) is 11.5 Å². The van der Waals surface area contributed by atoms with Gasteiger partial charge in [0, 0.05) is 12.2 Å². The summed E-state index contributed by atoms with van der Waals surface area (Å²) in [6.07, 6.45) is 0.976. The van der Waals surface area contributed by atoms with Crippen LogP contribution in [0.2, 0.25) is 0 Å². The third kappa shape index (κ3) is 2.74. The number of phenolic OH excluding ortho intramolecular Hbond substituents is 2. The van der Waals surface area contributed by atoms with E-state index in [1.807, 2.05) is 18.2 Å². The molecule has 2 aromatic rings. The highest BCUT2D eigenvalue weighted by molar-refractivity contribution is 5.52. The third-order valence-corrected chi connectivity index (χ3v) is 2.92. The lowest BCUT2D eigenvalue weighted by Gasteiger charge is -2.11. The summed E-state index contributed by atoms with van der Waals surface area (Å²) in [6, 6.07) is 13.0. The summed E-state index contributed by atoms with van der Waals surface area (Å²) in [4.78, 5) is 0. The van der Waals surface area contributed by atoms with E-state index in [1.165, 1.54) is 11.6 Å². The molecule has 0 radical (unpaired) electrons. The molecular formula is C15H17NO2. The molecule has 0 heterocycles. The first-order valence-electron chi connectivity index (χ1n) is 6.03. The highest BCUT2D eigenvalue weighted by Gasteiger charge is 2.02. The fourth-order valence-corrected chi connectivity index (χ4v) is 1.88. The smallest absolute Gasteiger partial charge is 0.157 e. The van der Waals surface area contributed by atoms with Crippen LogP contribution in [-0.4, -0.2) is 10.2 Å². The lowest BCUT2D eigenvalue weighted by Crippen LogP contribution is -2.01. The van der Waals surface area contributed by atoms with Crippen molar-refractivity contribution in [2.75, 3.05) is 5.32 Å². The van der Waals surface area contributed by atoms with E-state index in [-0.39, 0.29) is 11.5 Å². The van der Waals surface area contributed by atoms with Gasteiger partial charge in [0.05, 0.1) is 0 Å². The molecule has 3 heteroatoms. The van der Waals surface area contributed by atoms with Crippen LogP contribution in [0.25, 0.3) is 0 Å². The Kier molecular flexibility index (Phi) is 3.72. The van der Waals surface area contributed by atoms with E-state index in [0.717, 1.165) is 17.7 Å². The third-order valence-electron chi connectivity index (χ3n) is 2.92. The summed E-state index contributed by atoms with van der Waals surface area (Å²) in [6.45, 7) is 2.73. The first-order chi connectivity index (χ1) is 8.70. The number of benzene rings is 2. The lowest BCUT2D eigenvalue weighted by atomic mass is 10.1. The quantitative estimate of drug-likeness (QED) is 0.722. The van der Waals surface area contributed by atoms with Crippen LogP contribution in [0.3, 0.4) is 0 Å². The molecule has 0 aliphatic rings. The van der Waals surface area contributed by atoms with Crippen molar-refractivity contribution in [2.45, 2.75) is 19.9 Å². The molecule has 0 spiro atoms. The van der Waals surface area contributed by atoms with Crippen molar-refractivity contribution < 1.29 is 10.2 Å². The number of hydrogen-bond donors (Lipinski definition) is 3. The van der Waals surface area contributed by atoms with Gasteiger partial charge in [-0.15, -0.1) is 0 Å². The van der Waals surface area contributed by atoms with Crippen molar-refractivity contribution in [1.29, 1.82) is 0 Å². The average molecular weight is 243 g/mol. The fourth-order valence-electron chi connectivity index (χ4n) is 1.88. The molecule has 0 bridgehead atoms. The Morgan fingerprint density at radius 2 is 1.78 bits per heavy atom. The maximum atomic E-state index is 9.42. The van der Waals surface area contributed by atoms with Crippen LogP contribution < -0.4 is 5.32 Å². The summed E-state index contributed by atoms with van der Waals surface area (Å²) >= 11 is 0. The molecular weight excluding hydrogens is 226 g/mol. The number of aromatic hydroxyl groups is 2. The molecule has 0 saturated carbocycles. The van der Waals surface area contributed by atoms with Crippen LogP contribution in [-0.2, 0) is 13.0 Å². The summed E-state index contributed by atoms with van der Waals surface area (Å²) in [5.74, 6) is -0.175. The van der Waals surface area contributed by atoms with E-state index in [1.54, 1.807) is 12.1 Å². The molecule has 3 N–H and O–H groups in total. The average Bonchev–Trinajstić information content (AvgIpc) is 2.40. The number of anilines is 1. The first-order valence-corrected chi connectivity index (χ1v) is 6.03. The van der Waals surface area contributed by atoms with E-state index in [2.05, 4.69) is 18.3 Å². The van der Waals surface area contributed by atoms with Gasteiger partial charge in [0.25, 0.3) is 0 Å². The van der Waals surface area contributed by atoms with Crippen LogP contribution in [0.1, 0.15) is 18.1 Å². The summed E-state index contributed by atoms with van der Waals surface area (Å²) in [5, 5.41) is 22.0. The maximum absolute atomic E-state index is 9.42. The fraction of sp³-hybridized carbons (Fsp3) is 0.200. The Morgan fingerprint density at radius 1 is 1.00 bits per heavy atom. The van der Waals surface area contributed by atoms with Crippen molar-refractivity contribution in [3.05, 3.63) is 53.6 Å². The van der Waals surface area contributed by atoms with Crippen molar-refractivity contribution in [1.82, 2.24) is 0 Å². The zero-order valence-corrected chi connectivity index (χ0v) is 10.4. The second-order valence-electron chi connectivity index (χ2n) is 4.19. The molecule has 0 atom stereocenters. The largest absolute Gasteiger partial charge is 0.504 e. The van der Waals surface area contributed by atoms with Crippen LogP contribution in [0, 0.1) is 0 Å². The van der Waals surface area contributed by atoms with Gasteiger partial charge in [-0.1, -0.05) is 31.2 Å². The zero-order chi connectivity index (χ0) is 13.0. The van der Waals surface area contributed by atoms with Gasteiger partial charge >= 0.3 is 0 Å². The molecule has 3 nitrogen and oxygen atoms in total. The molecule has 0 saturated heterocycles. The highest BCUT2D eigenvalue weighted by atomic mass is 16.3. The summed E-state index contributed by atoms with van der Waals surface area (Å²) in [5.41, 5.74) is 3.30. The Bertz CT molecular complexity index is 538. The second kappa shape index (κ2) is 5.45. The number of rotatable bonds is 4. The molecule has 0 aromatic heterocycles. The minimum atomic E-state index is -0.0901. The standard InChI is InChI=1S/C15H17NO2/c1-2-12-5-3-4-6-13(12)16-10-11-7-8-14(17)15(18)9-11/h3-9,16-18H,2,10H2,1H3. The van der Waals surface area contributed by atoms with Crippen molar-refractivity contribution >= 4 is 5.69 Å². The molecule has 94 valence electrons. The topological polar surface area (TPSA) is 52.5 Å². The molecule has 2 rings (SSSR count). The minimum absolute atomic E-state index is 0.0851. The summed E-state index contributed by atoms with van der Waals surface area (Å²) in [7, 11) is 0. The number of para-hydroxylation sites is 1. The van der Waals surface area contributed by atoms with E-state index >= 15 is 0 Å². The number of phenols is 2. The van der Waals surface area contributed by atoms with Crippen LogP contribution >= 0.6 is 0 Å². The molecule has 0 fully saturated rings. The van der Waals surface area contributed by atoms with Gasteiger partial charge in [-0.2, -0.15) is 0 Å². The van der Waals surface area contributed by atoms with Crippen molar-refractivity contribution in [2.24, 2.45) is 0 Å². The van der Waals surface area contributed by atoms with Gasteiger partial charge in [-0.25, -0.2) is 0 Å². The molecule has 0 unspecified atom stereocenters. The summed E-state index contributed by atoms with van der Waals surface area (Å²) < 4.78 is 0. The van der Waals surface area contributed by atoms with Gasteiger partial charge in [-0.3, -0.25) is 0 Å². The predicted molar refractivity (Wildman–Crippen MR) is 72.9 cm³/mol. The zero-order valence-electron chi connectivity index (χ0n) is 10.4. The van der Waals surface area contributed by atoms with Crippen LogP contribution in [0.4, 0.5) is 5.69 Å². The van der Waals surface area contributed by atoms with Gasteiger partial charge in [-0.05, 0) is 35.7 Å². The number of nitrogens with one attached hydrogen (secondary N) is 1. The Hall–Kier alpha value is -2.16. The van der Waals surface area contributed by atoms with Gasteiger partial charge in [0.2, 0.25) is 0 Å². The Balaban J connectivity index is 2.09. The van der Waals surface area contributed by atoms with Gasteiger partial charge in [0.1, 0.15) is 0 Å². The first kappa shape index (κ1) is 12.3. The minimum Gasteiger partial charge on any atom is -0.504 e. The Morgan fingerprint density at radius 3 is 2.50 bits per heavy atom. The normalized spacial score (nSPS) is 10.3. The van der Waals surface area contributed by atoms with E-state index < -0.39 is 0 Å². The highest BCUT2D eigenvalue weighted by Crippen LogP contribution is 2.25. The monoisotopic (exact) mass is 243 g/mol. The maximum Gasteiger partial charge on any atom is 0.157 e. The number of aryl methyl sites for hydroxylation is 1. The van der Waals surface area contributed by atoms with E-state index in [9.17, 15) is 10.2 Å². The number of hydrogen-bond acceptors (Lipinski definition) is 3. The van der Waals surface area contributed by atoms with Gasteiger partial charge < -0.3 is 15.5 Å². The lowest BCUT2D eigenvalue weighted by molar-refractivity contribution is 0.403. The molecule has 0 aliphatic carbocycles. The Labute approximate surface area is 107 Å². The predicted octanol–water partition coefficient (Wildman–Crippen LogP) is 3.27. The van der Waals surface area contributed by atoms with Crippen LogP contribution in [0.15, 0.2) is 42.5 Å². The second-order valence-corrected chi connectivity index (χ2v) is 4.19. The molecule has 18 heavy (non-hydrogen) atoms. The SMILES string of the molecule is CCc1ccccc1NCc1ccc(O)c(O)c1. The van der Waals surface area contributed by atoms with Crippen molar-refractivity contribution in [3.63, 3.8) is 0 Å². The van der Waals surface area contributed by atoms with Crippen LogP contribution in [0.5, 0.6) is 11.5 Å². The molecule has 2 aromatic carbocycles. The van der Waals surface area contributed by atoms with Gasteiger partial charge in [0.15, 0.2) is 11.5 Å². The molecule has 0 amide bonds. The molecule has 0 aliphatic heterocycles. The van der Waals surface area contributed by atoms with E-state index in [4.69, 9.17) is 0 Å².